The first-order valence-electron chi connectivity index (χ1n) is 8.55. The molecule has 0 bridgehead atoms. The van der Waals surface area contributed by atoms with Gasteiger partial charge in [0.25, 0.3) is 5.91 Å². The smallest absolute Gasteiger partial charge is 0.264 e. The molecular weight excluding hydrogens is 334 g/mol. The van der Waals surface area contributed by atoms with Crippen molar-refractivity contribution in [3.63, 3.8) is 0 Å². The highest BCUT2D eigenvalue weighted by Gasteiger charge is 2.29. The van der Waals surface area contributed by atoms with Crippen molar-refractivity contribution in [2.75, 3.05) is 24.5 Å². The van der Waals surface area contributed by atoms with E-state index < -0.39 is 0 Å². The minimum absolute atomic E-state index is 0.132. The van der Waals surface area contributed by atoms with E-state index >= 15 is 0 Å². The minimum atomic E-state index is 0.132. The van der Waals surface area contributed by atoms with Gasteiger partial charge in [0.15, 0.2) is 11.5 Å². The number of rotatable bonds is 5. The van der Waals surface area contributed by atoms with Crippen LogP contribution in [0.4, 0.5) is 5.82 Å². The summed E-state index contributed by atoms with van der Waals surface area (Å²) in [5.41, 5.74) is 0.362. The Labute approximate surface area is 151 Å². The molecule has 0 atom stereocenters. The Hall–Kier alpha value is -2.46. The van der Waals surface area contributed by atoms with Crippen LogP contribution in [0.25, 0.3) is 0 Å². The van der Waals surface area contributed by atoms with E-state index in [1.807, 2.05) is 22.4 Å². The third-order valence-corrected chi connectivity index (χ3v) is 5.30. The number of nitriles is 1. The van der Waals surface area contributed by atoms with E-state index in [-0.39, 0.29) is 11.9 Å². The number of aromatic nitrogens is 2. The van der Waals surface area contributed by atoms with Gasteiger partial charge in [0.2, 0.25) is 0 Å². The summed E-state index contributed by atoms with van der Waals surface area (Å²) < 4.78 is 0. The van der Waals surface area contributed by atoms with Crippen LogP contribution in [-0.2, 0) is 0 Å². The number of carbonyl (C=O) groups excluding carboxylic acids is 1. The summed E-state index contributed by atoms with van der Waals surface area (Å²) in [7, 11) is 0. The van der Waals surface area contributed by atoms with Crippen LogP contribution in [0.1, 0.15) is 41.6 Å². The SMILES string of the molecule is CCCN(C(=O)c1cccs1)C1CCN(c2nccnc2C#N)CC1. The zero-order valence-electron chi connectivity index (χ0n) is 14.3. The highest BCUT2D eigenvalue weighted by Crippen LogP contribution is 2.24. The second kappa shape index (κ2) is 8.08. The molecule has 0 unspecified atom stereocenters. The summed E-state index contributed by atoms with van der Waals surface area (Å²) in [5, 5.41) is 11.1. The molecule has 6 nitrogen and oxygen atoms in total. The van der Waals surface area contributed by atoms with E-state index in [2.05, 4.69) is 27.9 Å². The summed E-state index contributed by atoms with van der Waals surface area (Å²) in [5.74, 6) is 0.780. The molecule has 2 aromatic rings. The molecule has 1 aliphatic heterocycles. The van der Waals surface area contributed by atoms with E-state index in [1.54, 1.807) is 6.20 Å². The number of hydrogen-bond donors (Lipinski definition) is 0. The van der Waals surface area contributed by atoms with Crippen molar-refractivity contribution in [1.29, 1.82) is 5.26 Å². The lowest BCUT2D eigenvalue weighted by Gasteiger charge is -2.38. The van der Waals surface area contributed by atoms with Gasteiger partial charge in [-0.3, -0.25) is 4.79 Å². The molecule has 1 aliphatic rings. The molecule has 1 saturated heterocycles. The summed E-state index contributed by atoms with van der Waals surface area (Å²) in [6.45, 7) is 4.42. The molecule has 0 radical (unpaired) electrons. The molecule has 1 fully saturated rings. The Balaban J connectivity index is 1.69. The van der Waals surface area contributed by atoms with Crippen LogP contribution in [-0.4, -0.2) is 46.5 Å². The molecule has 1 amide bonds. The summed E-state index contributed by atoms with van der Waals surface area (Å²) >= 11 is 1.50. The van der Waals surface area contributed by atoms with Crippen LogP contribution in [0.5, 0.6) is 0 Å². The van der Waals surface area contributed by atoms with Gasteiger partial charge in [0, 0.05) is 38.1 Å². The number of anilines is 1. The van der Waals surface area contributed by atoms with Crippen molar-refractivity contribution >= 4 is 23.1 Å². The Bertz CT molecular complexity index is 747. The predicted molar refractivity (Wildman–Crippen MR) is 97.6 cm³/mol. The highest BCUT2D eigenvalue weighted by molar-refractivity contribution is 7.12. The number of thiophene rings is 1. The van der Waals surface area contributed by atoms with Crippen LogP contribution in [0.15, 0.2) is 29.9 Å². The van der Waals surface area contributed by atoms with Crippen molar-refractivity contribution in [1.82, 2.24) is 14.9 Å². The van der Waals surface area contributed by atoms with Crippen molar-refractivity contribution < 1.29 is 4.79 Å². The van der Waals surface area contributed by atoms with Gasteiger partial charge in [-0.1, -0.05) is 13.0 Å². The standard InChI is InChI=1S/C18H21N5OS/c1-2-9-23(18(24)16-4-3-12-25-16)14-5-10-22(11-6-14)17-15(13-19)20-7-8-21-17/h3-4,7-8,12,14H,2,5-6,9-11H2,1H3. The first kappa shape index (κ1) is 17.4. The van der Waals surface area contributed by atoms with Crippen molar-refractivity contribution in [3.8, 4) is 6.07 Å². The molecule has 0 aliphatic carbocycles. The van der Waals surface area contributed by atoms with Gasteiger partial charge in [0.05, 0.1) is 4.88 Å². The fourth-order valence-electron chi connectivity index (χ4n) is 3.26. The van der Waals surface area contributed by atoms with Gasteiger partial charge >= 0.3 is 0 Å². The van der Waals surface area contributed by atoms with Crippen molar-refractivity contribution in [2.24, 2.45) is 0 Å². The molecule has 0 saturated carbocycles. The predicted octanol–water partition coefficient (Wildman–Crippen LogP) is 2.93. The molecule has 3 rings (SSSR count). The minimum Gasteiger partial charge on any atom is -0.354 e. The lowest BCUT2D eigenvalue weighted by Crippen LogP contribution is -2.48. The summed E-state index contributed by atoms with van der Waals surface area (Å²) in [6.07, 6.45) is 5.85. The normalized spacial score (nSPS) is 15.0. The lowest BCUT2D eigenvalue weighted by atomic mass is 10.0. The topological polar surface area (TPSA) is 73.1 Å². The maximum atomic E-state index is 12.8. The zero-order chi connectivity index (χ0) is 17.6. The molecule has 0 N–H and O–H groups in total. The van der Waals surface area contributed by atoms with Crippen LogP contribution < -0.4 is 4.90 Å². The fraction of sp³-hybridized carbons (Fsp3) is 0.444. The maximum Gasteiger partial charge on any atom is 0.264 e. The highest BCUT2D eigenvalue weighted by atomic mass is 32.1. The van der Waals surface area contributed by atoms with Crippen molar-refractivity contribution in [3.05, 3.63) is 40.5 Å². The second-order valence-electron chi connectivity index (χ2n) is 6.03. The molecule has 3 heterocycles. The first-order valence-corrected chi connectivity index (χ1v) is 9.43. The molecule has 130 valence electrons. The average molecular weight is 355 g/mol. The molecule has 25 heavy (non-hydrogen) atoms. The van der Waals surface area contributed by atoms with Gasteiger partial charge in [0.1, 0.15) is 6.07 Å². The second-order valence-corrected chi connectivity index (χ2v) is 6.98. The molecule has 2 aromatic heterocycles. The van der Waals surface area contributed by atoms with Gasteiger partial charge in [-0.05, 0) is 30.7 Å². The average Bonchev–Trinajstić information content (AvgIpc) is 3.20. The van der Waals surface area contributed by atoms with Crippen LogP contribution in [0.2, 0.25) is 0 Å². The fourth-order valence-corrected chi connectivity index (χ4v) is 3.94. The van der Waals surface area contributed by atoms with Crippen LogP contribution in [0.3, 0.4) is 0 Å². The number of carbonyl (C=O) groups is 1. The molecule has 7 heteroatoms. The van der Waals surface area contributed by atoms with Gasteiger partial charge in [-0.15, -0.1) is 11.3 Å². The van der Waals surface area contributed by atoms with Crippen LogP contribution in [0, 0.1) is 11.3 Å². The van der Waals surface area contributed by atoms with E-state index in [4.69, 9.17) is 0 Å². The molecular formula is C18H21N5OS. The van der Waals surface area contributed by atoms with Crippen LogP contribution >= 0.6 is 11.3 Å². The van der Waals surface area contributed by atoms with E-state index in [0.717, 1.165) is 43.8 Å². The van der Waals surface area contributed by atoms with Gasteiger partial charge in [-0.2, -0.15) is 5.26 Å². The number of hydrogen-bond acceptors (Lipinski definition) is 6. The Morgan fingerprint density at radius 2 is 2.16 bits per heavy atom. The Morgan fingerprint density at radius 3 is 2.80 bits per heavy atom. The number of piperidine rings is 1. The van der Waals surface area contributed by atoms with Crippen molar-refractivity contribution in [2.45, 2.75) is 32.2 Å². The molecule has 0 spiro atoms. The third-order valence-electron chi connectivity index (χ3n) is 4.45. The van der Waals surface area contributed by atoms with E-state index in [0.29, 0.717) is 11.5 Å². The monoisotopic (exact) mass is 355 g/mol. The number of nitrogens with zero attached hydrogens (tertiary/aromatic N) is 5. The summed E-state index contributed by atoms with van der Waals surface area (Å²) in [6, 6.07) is 6.15. The summed E-state index contributed by atoms with van der Waals surface area (Å²) in [4.78, 5) is 26.1. The maximum absolute atomic E-state index is 12.8. The van der Waals surface area contributed by atoms with Gasteiger partial charge < -0.3 is 9.80 Å². The number of amides is 1. The van der Waals surface area contributed by atoms with Gasteiger partial charge in [-0.25, -0.2) is 9.97 Å². The Kier molecular flexibility index (Phi) is 5.61. The Morgan fingerprint density at radius 1 is 1.40 bits per heavy atom. The quantitative estimate of drug-likeness (QED) is 0.824. The van der Waals surface area contributed by atoms with E-state index in [9.17, 15) is 10.1 Å². The third kappa shape index (κ3) is 3.80. The molecule has 0 aromatic carbocycles. The zero-order valence-corrected chi connectivity index (χ0v) is 15.1. The largest absolute Gasteiger partial charge is 0.354 e. The first-order chi connectivity index (χ1) is 12.2. The van der Waals surface area contributed by atoms with E-state index in [1.165, 1.54) is 17.5 Å². The lowest BCUT2D eigenvalue weighted by molar-refractivity contribution is 0.0655.